The van der Waals surface area contributed by atoms with Crippen LogP contribution in [0.4, 0.5) is 5.69 Å². The number of amides is 2. The van der Waals surface area contributed by atoms with Crippen LogP contribution in [0.1, 0.15) is 23.2 Å². The smallest absolute Gasteiger partial charge is 0.255 e. The molecule has 9 nitrogen and oxygen atoms in total. The summed E-state index contributed by atoms with van der Waals surface area (Å²) in [6, 6.07) is 14.9. The number of nitrogens with one attached hydrogen (secondary N) is 3. The van der Waals surface area contributed by atoms with Gasteiger partial charge in [-0.2, -0.15) is 5.10 Å². The molecule has 0 unspecified atom stereocenters. The Morgan fingerprint density at radius 3 is 2.69 bits per heavy atom. The van der Waals surface area contributed by atoms with E-state index in [1.54, 1.807) is 39.5 Å². The number of anilines is 1. The highest BCUT2D eigenvalue weighted by atomic mass is 16.5. The van der Waals surface area contributed by atoms with E-state index >= 15 is 0 Å². The van der Waals surface area contributed by atoms with Crippen LogP contribution in [0.2, 0.25) is 0 Å². The van der Waals surface area contributed by atoms with Crippen molar-refractivity contribution in [3.63, 3.8) is 0 Å². The van der Waals surface area contributed by atoms with Crippen LogP contribution in [0.5, 0.6) is 5.75 Å². The molecule has 0 bridgehead atoms. The van der Waals surface area contributed by atoms with Crippen LogP contribution in [-0.2, 0) is 4.79 Å². The first-order valence-corrected chi connectivity index (χ1v) is 11.8. The number of nitrogens with zero attached hydrogens (tertiary/aromatic N) is 3. The maximum absolute atomic E-state index is 13.0. The molecule has 0 aliphatic carbocycles. The zero-order chi connectivity index (χ0) is 25.2. The number of hydrogen-bond acceptors (Lipinski definition) is 6. The highest BCUT2D eigenvalue weighted by Crippen LogP contribution is 2.35. The van der Waals surface area contributed by atoms with Crippen LogP contribution in [-0.4, -0.2) is 65.7 Å². The van der Waals surface area contributed by atoms with Crippen molar-refractivity contribution in [1.82, 2.24) is 25.4 Å². The molecular weight excluding hydrogens is 456 g/mol. The molecule has 1 fully saturated rings. The van der Waals surface area contributed by atoms with E-state index in [1.165, 1.54) is 4.90 Å². The molecule has 1 atom stereocenters. The average molecular weight is 485 g/mol. The Morgan fingerprint density at radius 1 is 1.11 bits per heavy atom. The summed E-state index contributed by atoms with van der Waals surface area (Å²) in [5, 5.41) is 14.4. The number of fused-ring (bicyclic) bond motifs is 1. The van der Waals surface area contributed by atoms with Crippen molar-refractivity contribution in [3.8, 4) is 28.1 Å². The number of carbonyl (C=O) groups is 2. The summed E-state index contributed by atoms with van der Waals surface area (Å²) in [6.45, 7) is 0.820. The normalized spacial score (nSPS) is 15.1. The summed E-state index contributed by atoms with van der Waals surface area (Å²) in [4.78, 5) is 31.8. The summed E-state index contributed by atoms with van der Waals surface area (Å²) in [5.74, 6) is 0.390. The zero-order valence-electron chi connectivity index (χ0n) is 20.5. The van der Waals surface area contributed by atoms with Gasteiger partial charge in [-0.1, -0.05) is 18.2 Å². The van der Waals surface area contributed by atoms with E-state index in [2.05, 4.69) is 25.8 Å². The number of aromatic nitrogens is 3. The summed E-state index contributed by atoms with van der Waals surface area (Å²) < 4.78 is 5.52. The molecular formula is C27H28N6O3. The van der Waals surface area contributed by atoms with E-state index in [-0.39, 0.29) is 17.9 Å². The third-order valence-corrected chi connectivity index (χ3v) is 6.40. The summed E-state index contributed by atoms with van der Waals surface area (Å²) >= 11 is 0. The standard InChI is InChI=1S/C27H28N6O3/c1-33(2)27(35)19-13-16(10-11-21(19)30-26(34)22-8-6-12-28-22)17-14-20-24(31-32-25(20)29-15-17)18-7-4-5-9-23(18)36-3/h4-5,7,9-11,13-15,22,28H,6,8,12H2,1-3H3,(H,30,34)(H,29,31,32)/t22-/m1/s1. The van der Waals surface area contributed by atoms with Crippen molar-refractivity contribution in [1.29, 1.82) is 0 Å². The Morgan fingerprint density at radius 2 is 1.94 bits per heavy atom. The molecule has 1 saturated heterocycles. The van der Waals surface area contributed by atoms with Gasteiger partial charge in [0.1, 0.15) is 11.4 Å². The van der Waals surface area contributed by atoms with Crippen molar-refractivity contribution < 1.29 is 14.3 Å². The van der Waals surface area contributed by atoms with E-state index < -0.39 is 0 Å². The topological polar surface area (TPSA) is 112 Å². The molecule has 9 heteroatoms. The average Bonchev–Trinajstić information content (AvgIpc) is 3.58. The van der Waals surface area contributed by atoms with Crippen molar-refractivity contribution in [2.24, 2.45) is 0 Å². The number of ether oxygens (including phenoxy) is 1. The Labute approximate surface area is 208 Å². The number of rotatable bonds is 6. The van der Waals surface area contributed by atoms with Gasteiger partial charge in [-0.05, 0) is 55.3 Å². The number of hydrogen-bond donors (Lipinski definition) is 3. The lowest BCUT2D eigenvalue weighted by Gasteiger charge is -2.18. The van der Waals surface area contributed by atoms with Crippen molar-refractivity contribution in [2.45, 2.75) is 18.9 Å². The van der Waals surface area contributed by atoms with Crippen LogP contribution in [0.3, 0.4) is 0 Å². The van der Waals surface area contributed by atoms with E-state index in [9.17, 15) is 9.59 Å². The maximum atomic E-state index is 13.0. The minimum Gasteiger partial charge on any atom is -0.496 e. The highest BCUT2D eigenvalue weighted by Gasteiger charge is 2.24. The van der Waals surface area contributed by atoms with Crippen LogP contribution < -0.4 is 15.4 Å². The fourth-order valence-electron chi connectivity index (χ4n) is 4.49. The fraction of sp³-hybridized carbons (Fsp3) is 0.259. The van der Waals surface area contributed by atoms with E-state index in [4.69, 9.17) is 4.74 Å². The molecule has 36 heavy (non-hydrogen) atoms. The number of H-pyrrole nitrogens is 1. The Hall–Kier alpha value is -4.24. The van der Waals surface area contributed by atoms with Crippen LogP contribution in [0.25, 0.3) is 33.4 Å². The van der Waals surface area contributed by atoms with Crippen LogP contribution in [0, 0.1) is 0 Å². The van der Waals surface area contributed by atoms with Gasteiger partial charge < -0.3 is 20.3 Å². The van der Waals surface area contributed by atoms with Crippen LogP contribution >= 0.6 is 0 Å². The molecule has 3 N–H and O–H groups in total. The summed E-state index contributed by atoms with van der Waals surface area (Å²) in [7, 11) is 5.01. The minimum atomic E-state index is -0.243. The largest absolute Gasteiger partial charge is 0.496 e. The molecule has 5 rings (SSSR count). The number of pyridine rings is 1. The lowest BCUT2D eigenvalue weighted by Crippen LogP contribution is -2.36. The lowest BCUT2D eigenvalue weighted by atomic mass is 10.00. The molecule has 1 aliphatic rings. The van der Waals surface area contributed by atoms with Gasteiger partial charge in [0.2, 0.25) is 5.91 Å². The highest BCUT2D eigenvalue weighted by molar-refractivity contribution is 6.06. The lowest BCUT2D eigenvalue weighted by molar-refractivity contribution is -0.117. The quantitative estimate of drug-likeness (QED) is 0.385. The van der Waals surface area contributed by atoms with Gasteiger partial charge in [-0.15, -0.1) is 0 Å². The first-order chi connectivity index (χ1) is 17.5. The molecule has 2 aromatic carbocycles. The molecule has 0 saturated carbocycles. The number of aromatic amines is 1. The second-order valence-corrected chi connectivity index (χ2v) is 8.99. The Bertz CT molecular complexity index is 1440. The van der Waals surface area contributed by atoms with Gasteiger partial charge >= 0.3 is 0 Å². The SMILES string of the molecule is COc1ccccc1-c1n[nH]c2ncc(-c3ccc(NC(=O)[C@H]4CCCN4)c(C(=O)N(C)C)c3)cc12. The van der Waals surface area contributed by atoms with E-state index in [0.29, 0.717) is 22.6 Å². The van der Waals surface area contributed by atoms with Crippen molar-refractivity contribution in [3.05, 3.63) is 60.3 Å². The van der Waals surface area contributed by atoms with Gasteiger partial charge in [0.25, 0.3) is 5.91 Å². The first kappa shape index (κ1) is 23.5. The minimum absolute atomic E-state index is 0.129. The molecule has 4 aromatic rings. The molecule has 1 aliphatic heterocycles. The van der Waals surface area contributed by atoms with E-state index in [1.807, 2.05) is 36.4 Å². The zero-order valence-corrected chi connectivity index (χ0v) is 20.5. The number of benzene rings is 2. The molecule has 3 heterocycles. The second kappa shape index (κ2) is 9.79. The Kier molecular flexibility index (Phi) is 6.39. The number of methoxy groups -OCH3 is 1. The molecule has 2 aromatic heterocycles. The van der Waals surface area contributed by atoms with Crippen LogP contribution in [0.15, 0.2) is 54.7 Å². The van der Waals surface area contributed by atoms with Crippen molar-refractivity contribution in [2.75, 3.05) is 33.1 Å². The van der Waals surface area contributed by atoms with Gasteiger partial charge in [-0.25, -0.2) is 4.98 Å². The third-order valence-electron chi connectivity index (χ3n) is 6.40. The van der Waals surface area contributed by atoms with E-state index in [0.717, 1.165) is 47.2 Å². The predicted octanol–water partition coefficient (Wildman–Crippen LogP) is 3.69. The van der Waals surface area contributed by atoms with Crippen molar-refractivity contribution >= 4 is 28.5 Å². The monoisotopic (exact) mass is 484 g/mol. The number of carbonyl (C=O) groups excluding carboxylic acids is 2. The third kappa shape index (κ3) is 4.40. The molecule has 0 radical (unpaired) electrons. The molecule has 2 amide bonds. The Balaban J connectivity index is 1.55. The molecule has 184 valence electrons. The fourth-order valence-corrected chi connectivity index (χ4v) is 4.49. The molecule has 0 spiro atoms. The number of para-hydroxylation sites is 1. The maximum Gasteiger partial charge on any atom is 0.255 e. The van der Waals surface area contributed by atoms with Gasteiger partial charge in [-0.3, -0.25) is 14.7 Å². The van der Waals surface area contributed by atoms with Gasteiger partial charge in [0.15, 0.2) is 5.65 Å². The first-order valence-electron chi connectivity index (χ1n) is 11.8. The van der Waals surface area contributed by atoms with Gasteiger partial charge in [0.05, 0.1) is 24.4 Å². The van der Waals surface area contributed by atoms with Gasteiger partial charge in [0, 0.05) is 36.8 Å². The summed E-state index contributed by atoms with van der Waals surface area (Å²) in [5.41, 5.74) is 4.77. The summed E-state index contributed by atoms with van der Waals surface area (Å²) in [6.07, 6.45) is 3.49. The predicted molar refractivity (Wildman–Crippen MR) is 139 cm³/mol. The second-order valence-electron chi connectivity index (χ2n) is 8.99.